The third-order valence-corrected chi connectivity index (χ3v) is 5.26. The van der Waals surface area contributed by atoms with E-state index in [4.69, 9.17) is 14.2 Å². The predicted octanol–water partition coefficient (Wildman–Crippen LogP) is 5.66. The summed E-state index contributed by atoms with van der Waals surface area (Å²) in [5.74, 6) is 1.79. The zero-order valence-electron chi connectivity index (χ0n) is 17.9. The number of hydrogen-bond acceptors (Lipinski definition) is 6. The van der Waals surface area contributed by atoms with Crippen molar-refractivity contribution in [1.29, 1.82) is 0 Å². The lowest BCUT2D eigenvalue weighted by atomic mass is 10.1. The Bertz CT molecular complexity index is 1050. The summed E-state index contributed by atoms with van der Waals surface area (Å²) in [6.45, 7) is 2.78. The number of ether oxygens (including phenoxy) is 3. The lowest BCUT2D eigenvalue weighted by molar-refractivity contribution is -0.111. The highest BCUT2D eigenvalue weighted by atomic mass is 32.1. The maximum atomic E-state index is 12.4. The number of amides is 1. The summed E-state index contributed by atoms with van der Waals surface area (Å²) < 4.78 is 16.4. The lowest BCUT2D eigenvalue weighted by Crippen LogP contribution is -2.07. The summed E-state index contributed by atoms with van der Waals surface area (Å²) in [7, 11) is 3.19. The van der Waals surface area contributed by atoms with E-state index in [-0.39, 0.29) is 5.91 Å². The zero-order valence-corrected chi connectivity index (χ0v) is 18.7. The average molecular weight is 439 g/mol. The van der Waals surface area contributed by atoms with Gasteiger partial charge in [-0.05, 0) is 36.8 Å². The van der Waals surface area contributed by atoms with Crippen LogP contribution in [0, 0.1) is 0 Å². The van der Waals surface area contributed by atoms with Gasteiger partial charge in [-0.25, -0.2) is 4.98 Å². The van der Waals surface area contributed by atoms with Crippen molar-refractivity contribution in [2.24, 2.45) is 0 Å². The average Bonchev–Trinajstić information content (AvgIpc) is 3.26. The highest BCUT2D eigenvalue weighted by Gasteiger charge is 2.10. The van der Waals surface area contributed by atoms with Crippen LogP contribution in [0.25, 0.3) is 17.3 Å². The number of carbonyl (C=O) groups is 1. The second kappa shape index (κ2) is 11.2. The van der Waals surface area contributed by atoms with Crippen molar-refractivity contribution in [2.75, 3.05) is 26.1 Å². The maximum absolute atomic E-state index is 12.4. The van der Waals surface area contributed by atoms with Crippen LogP contribution < -0.4 is 19.5 Å². The fourth-order valence-electron chi connectivity index (χ4n) is 2.85. The first-order valence-corrected chi connectivity index (χ1v) is 10.9. The van der Waals surface area contributed by atoms with Gasteiger partial charge < -0.3 is 14.2 Å². The summed E-state index contributed by atoms with van der Waals surface area (Å²) in [5.41, 5.74) is 2.49. The van der Waals surface area contributed by atoms with Gasteiger partial charge in [-0.2, -0.15) is 0 Å². The number of anilines is 1. The van der Waals surface area contributed by atoms with Gasteiger partial charge in [-0.1, -0.05) is 31.5 Å². The van der Waals surface area contributed by atoms with Crippen LogP contribution >= 0.6 is 11.3 Å². The largest absolute Gasteiger partial charge is 0.493 e. The van der Waals surface area contributed by atoms with Crippen molar-refractivity contribution in [3.05, 3.63) is 59.5 Å². The number of carbonyl (C=O) groups excluding carboxylic acids is 1. The second-order valence-corrected chi connectivity index (χ2v) is 7.53. The summed E-state index contributed by atoms with van der Waals surface area (Å²) in [6.07, 6.45) is 5.30. The van der Waals surface area contributed by atoms with E-state index in [1.807, 2.05) is 47.8 Å². The molecule has 162 valence electrons. The number of thiazole rings is 1. The number of rotatable bonds is 10. The molecular formula is C24H26N2O4S. The topological polar surface area (TPSA) is 69.7 Å². The van der Waals surface area contributed by atoms with Crippen LogP contribution in [0.1, 0.15) is 25.3 Å². The number of nitrogens with one attached hydrogen (secondary N) is 1. The van der Waals surface area contributed by atoms with Crippen LogP contribution in [-0.4, -0.2) is 31.7 Å². The van der Waals surface area contributed by atoms with Crippen LogP contribution in [0.3, 0.4) is 0 Å². The van der Waals surface area contributed by atoms with Gasteiger partial charge in [0.15, 0.2) is 16.6 Å². The summed E-state index contributed by atoms with van der Waals surface area (Å²) >= 11 is 1.36. The number of aromatic nitrogens is 1. The van der Waals surface area contributed by atoms with Gasteiger partial charge >= 0.3 is 0 Å². The minimum absolute atomic E-state index is 0.253. The van der Waals surface area contributed by atoms with E-state index < -0.39 is 0 Å². The fourth-order valence-corrected chi connectivity index (χ4v) is 3.57. The molecule has 0 aliphatic heterocycles. The molecule has 3 rings (SSSR count). The van der Waals surface area contributed by atoms with E-state index in [9.17, 15) is 4.79 Å². The SMILES string of the molecule is CCCCOc1ccccc1/C=C/C(=O)Nc1nc(-c2ccc(OC)c(OC)c2)cs1. The Morgan fingerprint density at radius 1 is 1.10 bits per heavy atom. The molecule has 3 aromatic rings. The maximum Gasteiger partial charge on any atom is 0.250 e. The number of benzene rings is 2. The number of unbranched alkanes of at least 4 members (excludes halogenated alkanes) is 1. The molecule has 0 fully saturated rings. The molecule has 0 aliphatic rings. The molecule has 0 saturated carbocycles. The molecule has 2 aromatic carbocycles. The van der Waals surface area contributed by atoms with Crippen LogP contribution in [0.5, 0.6) is 17.2 Å². The minimum Gasteiger partial charge on any atom is -0.493 e. The second-order valence-electron chi connectivity index (χ2n) is 6.67. The van der Waals surface area contributed by atoms with E-state index >= 15 is 0 Å². The minimum atomic E-state index is -0.253. The molecule has 1 aromatic heterocycles. The molecule has 0 unspecified atom stereocenters. The van der Waals surface area contributed by atoms with Crippen molar-refractivity contribution in [1.82, 2.24) is 4.98 Å². The number of hydrogen-bond donors (Lipinski definition) is 1. The monoisotopic (exact) mass is 438 g/mol. The molecule has 0 saturated heterocycles. The van der Waals surface area contributed by atoms with Gasteiger partial charge in [0.05, 0.1) is 26.5 Å². The first-order valence-electron chi connectivity index (χ1n) is 10.0. The smallest absolute Gasteiger partial charge is 0.250 e. The molecule has 0 radical (unpaired) electrons. The van der Waals surface area contributed by atoms with Gasteiger partial charge in [0, 0.05) is 22.6 Å². The molecule has 1 N–H and O–H groups in total. The van der Waals surface area contributed by atoms with Crippen molar-refractivity contribution in [3.63, 3.8) is 0 Å². The standard InChI is InChI=1S/C24H26N2O4S/c1-4-5-14-30-20-9-7-6-8-17(20)11-13-23(27)26-24-25-19(16-31-24)18-10-12-21(28-2)22(15-18)29-3/h6-13,15-16H,4-5,14H2,1-3H3,(H,25,26,27)/b13-11+. The highest BCUT2D eigenvalue weighted by Crippen LogP contribution is 2.33. The molecule has 31 heavy (non-hydrogen) atoms. The molecule has 1 heterocycles. The fraction of sp³-hybridized carbons (Fsp3) is 0.250. The highest BCUT2D eigenvalue weighted by molar-refractivity contribution is 7.14. The molecule has 7 heteroatoms. The predicted molar refractivity (Wildman–Crippen MR) is 125 cm³/mol. The van der Waals surface area contributed by atoms with Gasteiger partial charge in [0.25, 0.3) is 0 Å². The third kappa shape index (κ3) is 6.08. The normalized spacial score (nSPS) is 10.8. The van der Waals surface area contributed by atoms with Crippen LogP contribution in [0.15, 0.2) is 53.9 Å². The zero-order chi connectivity index (χ0) is 22.1. The van der Waals surface area contributed by atoms with Gasteiger partial charge in [-0.15, -0.1) is 11.3 Å². The van der Waals surface area contributed by atoms with Gasteiger partial charge in [0.2, 0.25) is 5.91 Å². The Labute approximate surface area is 186 Å². The summed E-state index contributed by atoms with van der Waals surface area (Å²) in [6, 6.07) is 13.2. The van der Waals surface area contributed by atoms with Gasteiger partial charge in [0.1, 0.15) is 5.75 Å². The van der Waals surface area contributed by atoms with E-state index in [1.54, 1.807) is 20.3 Å². The van der Waals surface area contributed by atoms with Gasteiger partial charge in [-0.3, -0.25) is 10.1 Å². The molecule has 6 nitrogen and oxygen atoms in total. The summed E-state index contributed by atoms with van der Waals surface area (Å²) in [4.78, 5) is 16.9. The van der Waals surface area contributed by atoms with E-state index in [2.05, 4.69) is 17.2 Å². The molecule has 0 aliphatic carbocycles. The Hall–Kier alpha value is -3.32. The molecular weight excluding hydrogens is 412 g/mol. The summed E-state index contributed by atoms with van der Waals surface area (Å²) in [5, 5.41) is 5.22. The number of para-hydroxylation sites is 1. The van der Waals surface area contributed by atoms with Crippen LogP contribution in [-0.2, 0) is 4.79 Å². The van der Waals surface area contributed by atoms with Crippen molar-refractivity contribution in [3.8, 4) is 28.5 Å². The number of methoxy groups -OCH3 is 2. The Kier molecular flexibility index (Phi) is 8.06. The quantitative estimate of drug-likeness (QED) is 0.327. The first-order chi connectivity index (χ1) is 15.1. The Morgan fingerprint density at radius 3 is 2.68 bits per heavy atom. The van der Waals surface area contributed by atoms with E-state index in [0.29, 0.717) is 23.2 Å². The Balaban J connectivity index is 1.66. The lowest BCUT2D eigenvalue weighted by Gasteiger charge is -2.08. The van der Waals surface area contributed by atoms with Crippen molar-refractivity contribution in [2.45, 2.75) is 19.8 Å². The van der Waals surface area contributed by atoms with Crippen molar-refractivity contribution < 1.29 is 19.0 Å². The molecule has 0 bridgehead atoms. The third-order valence-electron chi connectivity index (χ3n) is 4.50. The number of nitrogens with zero attached hydrogens (tertiary/aromatic N) is 1. The Morgan fingerprint density at radius 2 is 1.90 bits per heavy atom. The van der Waals surface area contributed by atoms with Crippen LogP contribution in [0.4, 0.5) is 5.13 Å². The van der Waals surface area contributed by atoms with Crippen molar-refractivity contribution >= 4 is 28.5 Å². The first kappa shape index (κ1) is 22.4. The van der Waals surface area contributed by atoms with E-state index in [0.717, 1.165) is 35.4 Å². The van der Waals surface area contributed by atoms with Crippen LogP contribution in [0.2, 0.25) is 0 Å². The molecule has 0 atom stereocenters. The molecule has 0 spiro atoms. The van der Waals surface area contributed by atoms with E-state index in [1.165, 1.54) is 17.4 Å². The molecule has 1 amide bonds.